The normalized spacial score (nSPS) is 15.4. The number of nitrogens with one attached hydrogen (secondary N) is 1. The minimum Gasteiger partial charge on any atom is -0.370 e. The second-order valence-corrected chi connectivity index (χ2v) is 4.18. The van der Waals surface area contributed by atoms with Crippen molar-refractivity contribution in [2.24, 2.45) is 10.7 Å². The summed E-state index contributed by atoms with van der Waals surface area (Å²) < 4.78 is 0. The average molecular weight is 361 g/mol. The summed E-state index contributed by atoms with van der Waals surface area (Å²) in [5.41, 5.74) is 6.77. The Morgan fingerprint density at radius 3 is 2.89 bits per heavy atom. The third-order valence-electron chi connectivity index (χ3n) is 2.95. The molecule has 100 valence electrons. The lowest BCUT2D eigenvalue weighted by atomic mass is 10.2. The standard InChI is InChI=1S/C12H19N5.HI/c1-14-12(13)16-9-10-4-5-15-11(8-10)17-6-2-3-7-17;/h4-5,8H,2-3,6-7,9H2,1H3,(H3,13,14,16);1H. The molecule has 6 heteroatoms. The van der Waals surface area contributed by atoms with E-state index in [0.29, 0.717) is 12.5 Å². The van der Waals surface area contributed by atoms with Gasteiger partial charge in [-0.2, -0.15) is 0 Å². The van der Waals surface area contributed by atoms with Crippen LogP contribution in [0.2, 0.25) is 0 Å². The maximum absolute atomic E-state index is 5.59. The zero-order valence-corrected chi connectivity index (χ0v) is 12.9. The lowest BCUT2D eigenvalue weighted by molar-refractivity contribution is 0.884. The molecule has 5 nitrogen and oxygen atoms in total. The molecule has 0 aromatic carbocycles. The van der Waals surface area contributed by atoms with E-state index in [1.165, 1.54) is 18.4 Å². The van der Waals surface area contributed by atoms with Crippen LogP contribution in [0.1, 0.15) is 18.4 Å². The molecular weight excluding hydrogens is 341 g/mol. The number of hydrogen-bond donors (Lipinski definition) is 2. The van der Waals surface area contributed by atoms with Crippen molar-refractivity contribution in [1.82, 2.24) is 10.3 Å². The van der Waals surface area contributed by atoms with Gasteiger partial charge in [0.2, 0.25) is 0 Å². The summed E-state index contributed by atoms with van der Waals surface area (Å²) in [7, 11) is 1.67. The zero-order chi connectivity index (χ0) is 12.1. The van der Waals surface area contributed by atoms with Crippen LogP contribution in [-0.2, 0) is 6.54 Å². The van der Waals surface area contributed by atoms with E-state index in [2.05, 4.69) is 26.3 Å². The van der Waals surface area contributed by atoms with Crippen molar-refractivity contribution in [2.45, 2.75) is 19.4 Å². The molecule has 0 unspecified atom stereocenters. The second kappa shape index (κ2) is 7.40. The number of rotatable bonds is 3. The Kier molecular flexibility index (Phi) is 6.17. The summed E-state index contributed by atoms with van der Waals surface area (Å²) in [6.45, 7) is 2.91. The van der Waals surface area contributed by atoms with Crippen LogP contribution in [0.15, 0.2) is 23.3 Å². The number of halogens is 1. The molecule has 1 saturated heterocycles. The fourth-order valence-corrected chi connectivity index (χ4v) is 1.96. The van der Waals surface area contributed by atoms with Crippen LogP contribution in [-0.4, -0.2) is 31.1 Å². The first kappa shape index (κ1) is 15.0. The molecule has 18 heavy (non-hydrogen) atoms. The van der Waals surface area contributed by atoms with Crippen LogP contribution in [0, 0.1) is 0 Å². The first-order valence-corrected chi connectivity index (χ1v) is 5.95. The smallest absolute Gasteiger partial charge is 0.188 e. The number of guanidine groups is 1. The van der Waals surface area contributed by atoms with Gasteiger partial charge in [0.25, 0.3) is 0 Å². The Morgan fingerprint density at radius 2 is 2.22 bits per heavy atom. The highest BCUT2D eigenvalue weighted by Crippen LogP contribution is 2.18. The van der Waals surface area contributed by atoms with Crippen molar-refractivity contribution in [3.8, 4) is 0 Å². The quantitative estimate of drug-likeness (QED) is 0.484. The average Bonchev–Trinajstić information content (AvgIpc) is 2.90. The van der Waals surface area contributed by atoms with Gasteiger partial charge in [0, 0.05) is 32.9 Å². The molecule has 3 N–H and O–H groups in total. The Hall–Kier alpha value is -1.05. The van der Waals surface area contributed by atoms with E-state index in [-0.39, 0.29) is 24.0 Å². The summed E-state index contributed by atoms with van der Waals surface area (Å²) in [6.07, 6.45) is 4.38. The van der Waals surface area contributed by atoms with E-state index >= 15 is 0 Å². The molecule has 0 saturated carbocycles. The fraction of sp³-hybridized carbons (Fsp3) is 0.500. The Balaban J connectivity index is 0.00000162. The maximum atomic E-state index is 5.59. The van der Waals surface area contributed by atoms with Crippen LogP contribution < -0.4 is 16.0 Å². The molecule has 1 aromatic heterocycles. The molecule has 0 spiro atoms. The van der Waals surface area contributed by atoms with Crippen LogP contribution >= 0.6 is 24.0 Å². The van der Waals surface area contributed by atoms with Crippen molar-refractivity contribution < 1.29 is 0 Å². The van der Waals surface area contributed by atoms with Crippen molar-refractivity contribution in [3.05, 3.63) is 23.9 Å². The second-order valence-electron chi connectivity index (χ2n) is 4.18. The number of aliphatic imine (C=N–C) groups is 1. The highest BCUT2D eigenvalue weighted by Gasteiger charge is 2.13. The first-order valence-electron chi connectivity index (χ1n) is 5.95. The molecule has 1 aliphatic rings. The van der Waals surface area contributed by atoms with Gasteiger partial charge in [0.1, 0.15) is 5.82 Å². The minimum atomic E-state index is 0. The largest absolute Gasteiger partial charge is 0.370 e. The molecule has 0 aliphatic carbocycles. The monoisotopic (exact) mass is 361 g/mol. The van der Waals surface area contributed by atoms with E-state index in [1.807, 2.05) is 12.3 Å². The summed E-state index contributed by atoms with van der Waals surface area (Å²) in [6, 6.07) is 4.11. The fourth-order valence-electron chi connectivity index (χ4n) is 1.96. The van der Waals surface area contributed by atoms with Gasteiger partial charge in [-0.05, 0) is 30.5 Å². The van der Waals surface area contributed by atoms with Crippen LogP contribution in [0.25, 0.3) is 0 Å². The molecule has 0 atom stereocenters. The van der Waals surface area contributed by atoms with Crippen molar-refractivity contribution in [3.63, 3.8) is 0 Å². The minimum absolute atomic E-state index is 0. The van der Waals surface area contributed by atoms with Gasteiger partial charge >= 0.3 is 0 Å². The van der Waals surface area contributed by atoms with Gasteiger partial charge in [0.15, 0.2) is 5.96 Å². The third-order valence-corrected chi connectivity index (χ3v) is 2.95. The predicted octanol–water partition coefficient (Wildman–Crippen LogP) is 1.33. The lowest BCUT2D eigenvalue weighted by Gasteiger charge is -2.17. The number of pyridine rings is 1. The molecule has 0 bridgehead atoms. The van der Waals surface area contributed by atoms with E-state index in [9.17, 15) is 0 Å². The number of hydrogen-bond acceptors (Lipinski definition) is 3. The van der Waals surface area contributed by atoms with E-state index < -0.39 is 0 Å². The summed E-state index contributed by atoms with van der Waals surface area (Å²) in [5, 5.41) is 3.05. The van der Waals surface area contributed by atoms with Gasteiger partial charge in [-0.1, -0.05) is 0 Å². The Labute approximate surface area is 125 Å². The summed E-state index contributed by atoms with van der Waals surface area (Å²) in [4.78, 5) is 10.6. The first-order chi connectivity index (χ1) is 8.29. The Bertz CT molecular complexity index is 401. The van der Waals surface area contributed by atoms with Crippen LogP contribution in [0.5, 0.6) is 0 Å². The van der Waals surface area contributed by atoms with Crippen molar-refractivity contribution in [1.29, 1.82) is 0 Å². The van der Waals surface area contributed by atoms with E-state index in [4.69, 9.17) is 5.73 Å². The molecule has 2 heterocycles. The van der Waals surface area contributed by atoms with E-state index in [0.717, 1.165) is 18.9 Å². The van der Waals surface area contributed by atoms with Gasteiger partial charge in [-0.25, -0.2) is 4.98 Å². The van der Waals surface area contributed by atoms with Crippen molar-refractivity contribution in [2.75, 3.05) is 25.0 Å². The SMILES string of the molecule is CN=C(N)NCc1ccnc(N2CCCC2)c1.I. The topological polar surface area (TPSA) is 66.5 Å². The predicted molar refractivity (Wildman–Crippen MR) is 85.5 cm³/mol. The Morgan fingerprint density at radius 1 is 1.50 bits per heavy atom. The molecule has 1 fully saturated rings. The van der Waals surface area contributed by atoms with Crippen LogP contribution in [0.4, 0.5) is 5.82 Å². The lowest BCUT2D eigenvalue weighted by Crippen LogP contribution is -2.30. The van der Waals surface area contributed by atoms with Gasteiger partial charge in [0.05, 0.1) is 0 Å². The van der Waals surface area contributed by atoms with Gasteiger partial charge in [-0.3, -0.25) is 4.99 Å². The number of nitrogens with two attached hydrogens (primary N) is 1. The number of aromatic nitrogens is 1. The summed E-state index contributed by atoms with van der Waals surface area (Å²) >= 11 is 0. The molecule has 1 aliphatic heterocycles. The van der Waals surface area contributed by atoms with Gasteiger partial charge < -0.3 is 16.0 Å². The number of anilines is 1. The van der Waals surface area contributed by atoms with Crippen molar-refractivity contribution >= 4 is 35.8 Å². The van der Waals surface area contributed by atoms with E-state index in [1.54, 1.807) is 7.05 Å². The van der Waals surface area contributed by atoms with Crippen LogP contribution in [0.3, 0.4) is 0 Å². The molecule has 0 amide bonds. The highest BCUT2D eigenvalue weighted by atomic mass is 127. The van der Waals surface area contributed by atoms with Gasteiger partial charge in [-0.15, -0.1) is 24.0 Å². The molecule has 2 rings (SSSR count). The third kappa shape index (κ3) is 4.01. The molecule has 1 aromatic rings. The summed E-state index contributed by atoms with van der Waals surface area (Å²) in [5.74, 6) is 1.53. The highest BCUT2D eigenvalue weighted by molar-refractivity contribution is 14.0. The maximum Gasteiger partial charge on any atom is 0.188 e. The zero-order valence-electron chi connectivity index (χ0n) is 10.6. The molecule has 0 radical (unpaired) electrons. The molecular formula is C12H20IN5. The number of nitrogens with zero attached hydrogens (tertiary/aromatic N) is 3.